The van der Waals surface area contributed by atoms with E-state index in [4.69, 9.17) is 11.6 Å². The molecule has 216 valence electrons. The van der Waals surface area contributed by atoms with E-state index >= 15 is 0 Å². The zero-order valence-corrected chi connectivity index (χ0v) is 23.0. The van der Waals surface area contributed by atoms with Crippen molar-refractivity contribution in [2.75, 3.05) is 12.3 Å². The Hall–Kier alpha value is -3.44. The van der Waals surface area contributed by atoms with Crippen molar-refractivity contribution in [3.05, 3.63) is 68.2 Å². The Bertz CT molecular complexity index is 1650. The maximum Gasteiger partial charge on any atom is 0.431 e. The van der Waals surface area contributed by atoms with Gasteiger partial charge in [-0.2, -0.15) is 13.2 Å². The first-order chi connectivity index (χ1) is 18.5. The molecular weight excluding hydrogens is 606 g/mol. The molecule has 1 aromatic heterocycles. The largest absolute Gasteiger partial charge is 0.431 e. The molecule has 18 heteroatoms. The SMILES string of the molecule is C=CCN1C(=O)C(CC(=O)NS(=O)(=O)CC)SC1=Nc1cc(-n2c(=O)cc(C(F)(F)F)n(C)c2=O)c(F)cc1Cl. The predicted molar refractivity (Wildman–Crippen MR) is 140 cm³/mol. The highest BCUT2D eigenvalue weighted by Crippen LogP contribution is 2.35. The number of sulfonamides is 1. The molecule has 1 unspecified atom stereocenters. The van der Waals surface area contributed by atoms with Gasteiger partial charge in [-0.25, -0.2) is 27.2 Å². The molecule has 1 N–H and O–H groups in total. The summed E-state index contributed by atoms with van der Waals surface area (Å²) in [4.78, 5) is 55.5. The topological polar surface area (TPSA) is 140 Å². The van der Waals surface area contributed by atoms with E-state index in [-0.39, 0.29) is 43.4 Å². The fourth-order valence-corrected chi connectivity index (χ4v) is 5.41. The summed E-state index contributed by atoms with van der Waals surface area (Å²) in [6.07, 6.45) is -4.23. The van der Waals surface area contributed by atoms with Crippen molar-refractivity contribution >= 4 is 56.1 Å². The van der Waals surface area contributed by atoms with Gasteiger partial charge in [0.05, 0.1) is 22.2 Å². The van der Waals surface area contributed by atoms with Gasteiger partial charge in [-0.05, 0) is 19.1 Å². The number of alkyl halides is 3. The highest BCUT2D eigenvalue weighted by Gasteiger charge is 2.39. The third kappa shape index (κ3) is 6.47. The van der Waals surface area contributed by atoms with Crippen LogP contribution in [0.4, 0.5) is 23.2 Å². The van der Waals surface area contributed by atoms with E-state index < -0.39 is 68.1 Å². The van der Waals surface area contributed by atoms with Crippen LogP contribution in [0.3, 0.4) is 0 Å². The van der Waals surface area contributed by atoms with Crippen molar-refractivity contribution in [3.63, 3.8) is 0 Å². The summed E-state index contributed by atoms with van der Waals surface area (Å²) < 4.78 is 79.9. The highest BCUT2D eigenvalue weighted by molar-refractivity contribution is 8.15. The van der Waals surface area contributed by atoms with Crippen molar-refractivity contribution in [3.8, 4) is 5.69 Å². The van der Waals surface area contributed by atoms with Gasteiger partial charge in [0.15, 0.2) is 5.17 Å². The molecule has 1 saturated heterocycles. The number of benzene rings is 1. The number of halogens is 5. The Morgan fingerprint density at radius 1 is 1.25 bits per heavy atom. The summed E-state index contributed by atoms with van der Waals surface area (Å²) in [7, 11) is -3.12. The van der Waals surface area contributed by atoms with Crippen LogP contribution in [0.15, 0.2) is 45.4 Å². The summed E-state index contributed by atoms with van der Waals surface area (Å²) in [6, 6.07) is 1.65. The number of carbonyl (C=O) groups is 2. The minimum absolute atomic E-state index is 0.0619. The molecule has 0 aliphatic carbocycles. The number of amidine groups is 1. The Morgan fingerprint density at radius 2 is 1.90 bits per heavy atom. The Balaban J connectivity index is 2.07. The van der Waals surface area contributed by atoms with E-state index in [1.165, 1.54) is 13.0 Å². The average molecular weight is 626 g/mol. The van der Waals surface area contributed by atoms with Gasteiger partial charge >= 0.3 is 11.9 Å². The van der Waals surface area contributed by atoms with E-state index in [2.05, 4.69) is 11.6 Å². The van der Waals surface area contributed by atoms with Crippen LogP contribution in [-0.4, -0.2) is 57.0 Å². The van der Waals surface area contributed by atoms with Gasteiger partial charge < -0.3 is 0 Å². The Labute approximate surface area is 233 Å². The number of amides is 2. The number of aromatic nitrogens is 2. The normalized spacial score (nSPS) is 17.0. The molecule has 2 heterocycles. The maximum absolute atomic E-state index is 14.8. The van der Waals surface area contributed by atoms with Gasteiger partial charge in [-0.3, -0.25) is 28.6 Å². The van der Waals surface area contributed by atoms with Gasteiger partial charge in [-0.1, -0.05) is 29.4 Å². The predicted octanol–water partition coefficient (Wildman–Crippen LogP) is 2.32. The molecule has 0 saturated carbocycles. The number of carbonyl (C=O) groups excluding carboxylic acids is 2. The molecule has 0 radical (unpaired) electrons. The minimum atomic E-state index is -5.03. The second kappa shape index (κ2) is 11.6. The molecule has 11 nitrogen and oxygen atoms in total. The number of rotatable bonds is 8. The zero-order valence-electron chi connectivity index (χ0n) is 20.7. The summed E-state index contributed by atoms with van der Waals surface area (Å²) in [6.45, 7) is 4.75. The standard InChI is InChI=1S/C22H20ClF4N5O6S2/c1-4-6-31-19(35)15(9-17(33)29-40(37,38)5-2)39-20(31)28-13-8-14(12(24)7-11(13)23)32-18(34)10-16(22(25,26)27)30(3)21(32)36/h4,7-8,10,15H,1,5-6,9H2,2-3H3,(H,29,33). The van der Waals surface area contributed by atoms with Crippen LogP contribution in [0, 0.1) is 5.82 Å². The summed E-state index contributed by atoms with van der Waals surface area (Å²) in [5.41, 5.74) is -5.53. The lowest BCUT2D eigenvalue weighted by Gasteiger charge is -2.16. The van der Waals surface area contributed by atoms with Gasteiger partial charge in [0, 0.05) is 26.1 Å². The van der Waals surface area contributed by atoms with Crippen molar-refractivity contribution in [1.82, 2.24) is 18.8 Å². The van der Waals surface area contributed by atoms with Crippen LogP contribution >= 0.6 is 23.4 Å². The molecule has 2 aromatic rings. The van der Waals surface area contributed by atoms with E-state index in [9.17, 15) is 45.2 Å². The average Bonchev–Trinajstić information content (AvgIpc) is 3.12. The third-order valence-electron chi connectivity index (χ3n) is 5.44. The Morgan fingerprint density at radius 3 is 2.48 bits per heavy atom. The third-order valence-corrected chi connectivity index (χ3v) is 8.21. The first-order valence-electron chi connectivity index (χ1n) is 11.1. The van der Waals surface area contributed by atoms with E-state index in [1.807, 2.05) is 4.72 Å². The maximum atomic E-state index is 14.8. The summed E-state index contributed by atoms with van der Waals surface area (Å²) in [5, 5.41) is -1.50. The summed E-state index contributed by atoms with van der Waals surface area (Å²) in [5.74, 6) is -3.15. The number of hydrogen-bond donors (Lipinski definition) is 1. The van der Waals surface area contributed by atoms with Crippen LogP contribution < -0.4 is 16.0 Å². The van der Waals surface area contributed by atoms with Gasteiger partial charge in [-0.15, -0.1) is 6.58 Å². The number of nitrogens with zero attached hydrogens (tertiary/aromatic N) is 4. The van der Waals surface area contributed by atoms with E-state index in [0.29, 0.717) is 6.07 Å². The monoisotopic (exact) mass is 625 g/mol. The fourth-order valence-electron chi connectivity index (χ4n) is 3.48. The second-order valence-corrected chi connectivity index (χ2v) is 11.8. The lowest BCUT2D eigenvalue weighted by molar-refractivity contribution is -0.144. The summed E-state index contributed by atoms with van der Waals surface area (Å²) >= 11 is 6.87. The molecule has 0 bridgehead atoms. The molecule has 1 aliphatic heterocycles. The number of hydrogen-bond acceptors (Lipinski definition) is 8. The first kappa shape index (κ1) is 31.1. The van der Waals surface area contributed by atoms with Crippen molar-refractivity contribution < 1.29 is 35.6 Å². The Kier molecular flexibility index (Phi) is 9.00. The lowest BCUT2D eigenvalue weighted by Crippen LogP contribution is -2.41. The molecule has 0 spiro atoms. The van der Waals surface area contributed by atoms with Crippen molar-refractivity contribution in [2.24, 2.45) is 12.0 Å². The van der Waals surface area contributed by atoms with Crippen LogP contribution in [0.1, 0.15) is 19.0 Å². The molecule has 2 amide bonds. The zero-order chi connectivity index (χ0) is 30.2. The minimum Gasteiger partial charge on any atom is -0.292 e. The lowest BCUT2D eigenvalue weighted by atomic mass is 10.2. The molecule has 1 aromatic carbocycles. The van der Waals surface area contributed by atoms with Crippen molar-refractivity contribution in [2.45, 2.75) is 24.8 Å². The number of aliphatic imine (C=N–C) groups is 1. The highest BCUT2D eigenvalue weighted by atomic mass is 35.5. The van der Waals surface area contributed by atoms with Crippen LogP contribution in [0.2, 0.25) is 5.02 Å². The first-order valence-corrected chi connectivity index (χ1v) is 14.0. The van der Waals surface area contributed by atoms with E-state index in [1.54, 1.807) is 0 Å². The molecule has 40 heavy (non-hydrogen) atoms. The quantitative estimate of drug-likeness (QED) is 0.351. The van der Waals surface area contributed by atoms with Crippen LogP contribution in [-0.2, 0) is 32.8 Å². The fraction of sp³-hybridized carbons (Fsp3) is 0.318. The van der Waals surface area contributed by atoms with Gasteiger partial charge in [0.2, 0.25) is 21.8 Å². The van der Waals surface area contributed by atoms with Gasteiger partial charge in [0.1, 0.15) is 16.8 Å². The molecule has 1 atom stereocenters. The van der Waals surface area contributed by atoms with Gasteiger partial charge in [0.25, 0.3) is 5.56 Å². The molecular formula is C22H20ClF4N5O6S2. The van der Waals surface area contributed by atoms with Crippen LogP contribution in [0.5, 0.6) is 0 Å². The second-order valence-electron chi connectivity index (χ2n) is 8.17. The molecule has 1 fully saturated rings. The molecule has 1 aliphatic rings. The molecule has 3 rings (SSSR count). The van der Waals surface area contributed by atoms with Crippen LogP contribution in [0.25, 0.3) is 5.69 Å². The van der Waals surface area contributed by atoms with Crippen molar-refractivity contribution in [1.29, 1.82) is 0 Å². The number of thioether (sulfide) groups is 1. The van der Waals surface area contributed by atoms with E-state index in [0.717, 1.165) is 29.8 Å². The number of nitrogens with one attached hydrogen (secondary N) is 1. The smallest absolute Gasteiger partial charge is 0.292 e.